The van der Waals surface area contributed by atoms with Crippen molar-refractivity contribution in [3.8, 4) is 5.69 Å². The zero-order valence-corrected chi connectivity index (χ0v) is 16.4. The average molecular weight is 398 g/mol. The van der Waals surface area contributed by atoms with Gasteiger partial charge < -0.3 is 11.1 Å². The fraction of sp³-hybridized carbons (Fsp3) is 0.500. The molecule has 1 amide bonds. The van der Waals surface area contributed by atoms with E-state index in [1.54, 1.807) is 4.68 Å². The highest BCUT2D eigenvalue weighted by Gasteiger charge is 2.29. The number of halogens is 2. The summed E-state index contributed by atoms with van der Waals surface area (Å²) < 4.78 is 1.71. The molecule has 3 N–H and O–H groups in total. The van der Waals surface area contributed by atoms with Crippen molar-refractivity contribution in [2.24, 2.45) is 11.7 Å². The van der Waals surface area contributed by atoms with Crippen molar-refractivity contribution < 1.29 is 4.79 Å². The third-order valence-electron chi connectivity index (χ3n) is 4.80. The first-order valence-corrected chi connectivity index (χ1v) is 9.23. The highest BCUT2D eigenvalue weighted by atomic mass is 35.5. The van der Waals surface area contributed by atoms with E-state index in [2.05, 4.69) is 22.6 Å². The van der Waals surface area contributed by atoms with Gasteiger partial charge >= 0.3 is 0 Å². The molecular weight excluding hydrogens is 373 g/mol. The van der Waals surface area contributed by atoms with E-state index >= 15 is 0 Å². The molecule has 2 aromatic rings. The molecular formula is C18H25Cl2N5O. The Hall–Kier alpha value is -1.63. The fourth-order valence-electron chi connectivity index (χ4n) is 3.50. The van der Waals surface area contributed by atoms with Crippen LogP contribution in [0.1, 0.15) is 48.8 Å². The Balaban J connectivity index is 0.00000243. The number of hydrogen-bond acceptors (Lipinski definition) is 4. The van der Waals surface area contributed by atoms with Crippen LogP contribution >= 0.6 is 24.0 Å². The lowest BCUT2D eigenvalue weighted by Crippen LogP contribution is -2.40. The van der Waals surface area contributed by atoms with Crippen LogP contribution in [-0.2, 0) is 6.42 Å². The molecule has 1 heterocycles. The van der Waals surface area contributed by atoms with Crippen molar-refractivity contribution in [1.82, 2.24) is 20.3 Å². The van der Waals surface area contributed by atoms with Gasteiger partial charge in [-0.05, 0) is 49.9 Å². The molecule has 0 bridgehead atoms. The summed E-state index contributed by atoms with van der Waals surface area (Å²) in [5.74, 6) is 0.184. The molecule has 6 nitrogen and oxygen atoms in total. The van der Waals surface area contributed by atoms with E-state index in [0.717, 1.165) is 37.1 Å². The van der Waals surface area contributed by atoms with Crippen molar-refractivity contribution >= 4 is 29.9 Å². The van der Waals surface area contributed by atoms with Gasteiger partial charge in [-0.2, -0.15) is 0 Å². The standard InChI is InChI=1S/C18H24ClN5O.ClH/c1-2-5-16-17(18(25)21-15-9-3-6-12(15)11-20)22-23-24(16)14-8-4-7-13(19)10-14;/h4,7-8,10,12,15H,2-3,5-6,9,11,20H2,1H3,(H,21,25);1H. The summed E-state index contributed by atoms with van der Waals surface area (Å²) in [4.78, 5) is 12.8. The van der Waals surface area contributed by atoms with Gasteiger partial charge in [0.05, 0.1) is 11.4 Å². The van der Waals surface area contributed by atoms with Crippen LogP contribution in [0, 0.1) is 5.92 Å². The first-order valence-electron chi connectivity index (χ1n) is 8.85. The molecule has 1 fully saturated rings. The Bertz CT molecular complexity index is 749. The Morgan fingerprint density at radius 3 is 2.92 bits per heavy atom. The zero-order valence-electron chi connectivity index (χ0n) is 14.8. The summed E-state index contributed by atoms with van der Waals surface area (Å²) in [6.45, 7) is 2.67. The highest BCUT2D eigenvalue weighted by molar-refractivity contribution is 6.30. The number of aromatic nitrogens is 3. The summed E-state index contributed by atoms with van der Waals surface area (Å²) in [7, 11) is 0. The number of hydrogen-bond donors (Lipinski definition) is 2. The Labute approximate surface area is 164 Å². The summed E-state index contributed by atoms with van der Waals surface area (Å²) >= 11 is 6.09. The van der Waals surface area contributed by atoms with Gasteiger partial charge in [-0.25, -0.2) is 4.68 Å². The van der Waals surface area contributed by atoms with E-state index < -0.39 is 0 Å². The normalized spacial score (nSPS) is 19.2. The monoisotopic (exact) mass is 397 g/mol. The molecule has 1 saturated carbocycles. The maximum absolute atomic E-state index is 12.8. The van der Waals surface area contributed by atoms with Crippen LogP contribution in [0.2, 0.25) is 5.02 Å². The van der Waals surface area contributed by atoms with Gasteiger partial charge in [0.1, 0.15) is 0 Å². The van der Waals surface area contributed by atoms with Gasteiger partial charge in [0.2, 0.25) is 0 Å². The van der Waals surface area contributed by atoms with Crippen molar-refractivity contribution in [1.29, 1.82) is 0 Å². The van der Waals surface area contributed by atoms with Gasteiger partial charge in [0.15, 0.2) is 5.69 Å². The van der Waals surface area contributed by atoms with Crippen LogP contribution < -0.4 is 11.1 Å². The fourth-order valence-corrected chi connectivity index (χ4v) is 3.68. The van der Waals surface area contributed by atoms with E-state index in [-0.39, 0.29) is 24.4 Å². The van der Waals surface area contributed by atoms with Gasteiger partial charge in [-0.3, -0.25) is 4.79 Å². The second kappa shape index (κ2) is 9.35. The molecule has 1 aliphatic rings. The second-order valence-electron chi connectivity index (χ2n) is 6.53. The summed E-state index contributed by atoms with van der Waals surface area (Å²) in [5.41, 5.74) is 7.83. The first-order chi connectivity index (χ1) is 12.1. The molecule has 0 aliphatic heterocycles. The smallest absolute Gasteiger partial charge is 0.274 e. The van der Waals surface area contributed by atoms with E-state index in [9.17, 15) is 4.79 Å². The lowest BCUT2D eigenvalue weighted by atomic mass is 10.0. The van der Waals surface area contributed by atoms with Crippen LogP contribution in [0.3, 0.4) is 0 Å². The molecule has 8 heteroatoms. The van der Waals surface area contributed by atoms with Gasteiger partial charge in [0.25, 0.3) is 5.91 Å². The van der Waals surface area contributed by atoms with Crippen LogP contribution in [0.5, 0.6) is 0 Å². The number of carbonyl (C=O) groups excluding carboxylic acids is 1. The van der Waals surface area contributed by atoms with Crippen molar-refractivity contribution in [3.63, 3.8) is 0 Å². The molecule has 3 rings (SSSR count). The number of amides is 1. The molecule has 142 valence electrons. The van der Waals surface area contributed by atoms with Crippen molar-refractivity contribution in [2.45, 2.75) is 45.1 Å². The van der Waals surface area contributed by atoms with Crippen molar-refractivity contribution in [3.05, 3.63) is 40.7 Å². The van der Waals surface area contributed by atoms with E-state index in [1.807, 2.05) is 24.3 Å². The minimum absolute atomic E-state index is 0. The molecule has 0 spiro atoms. The van der Waals surface area contributed by atoms with Crippen molar-refractivity contribution in [2.75, 3.05) is 6.54 Å². The number of nitrogens with zero attached hydrogens (tertiary/aromatic N) is 3. The van der Waals surface area contributed by atoms with Crippen LogP contribution in [0.15, 0.2) is 24.3 Å². The Morgan fingerprint density at radius 2 is 2.23 bits per heavy atom. The number of carbonyl (C=O) groups is 1. The molecule has 2 atom stereocenters. The maximum atomic E-state index is 12.8. The van der Waals surface area contributed by atoms with Crippen LogP contribution in [0.25, 0.3) is 5.69 Å². The van der Waals surface area contributed by atoms with Crippen LogP contribution in [-0.4, -0.2) is 33.5 Å². The Morgan fingerprint density at radius 1 is 1.42 bits per heavy atom. The average Bonchev–Trinajstić information content (AvgIpc) is 3.21. The first kappa shape index (κ1) is 20.7. The molecule has 0 radical (unpaired) electrons. The minimum atomic E-state index is -0.165. The molecule has 2 unspecified atom stereocenters. The molecule has 26 heavy (non-hydrogen) atoms. The van der Waals surface area contributed by atoms with Gasteiger partial charge in [0, 0.05) is 11.1 Å². The zero-order chi connectivity index (χ0) is 17.8. The Kier molecular flexibility index (Phi) is 7.43. The summed E-state index contributed by atoms with van der Waals surface area (Å²) in [5, 5.41) is 12.1. The second-order valence-corrected chi connectivity index (χ2v) is 6.97. The van der Waals surface area contributed by atoms with E-state index in [4.69, 9.17) is 17.3 Å². The maximum Gasteiger partial charge on any atom is 0.274 e. The largest absolute Gasteiger partial charge is 0.348 e. The minimum Gasteiger partial charge on any atom is -0.348 e. The lowest BCUT2D eigenvalue weighted by Gasteiger charge is -2.19. The summed E-state index contributed by atoms with van der Waals surface area (Å²) in [6, 6.07) is 7.52. The quantitative estimate of drug-likeness (QED) is 0.783. The SMILES string of the molecule is CCCc1c(C(=O)NC2CCCC2CN)nnn1-c1cccc(Cl)c1.Cl. The molecule has 1 aromatic carbocycles. The van der Waals surface area contributed by atoms with Crippen LogP contribution in [0.4, 0.5) is 0 Å². The topological polar surface area (TPSA) is 85.8 Å². The molecule has 1 aromatic heterocycles. The highest BCUT2D eigenvalue weighted by Crippen LogP contribution is 2.25. The number of benzene rings is 1. The number of nitrogens with one attached hydrogen (secondary N) is 1. The third-order valence-corrected chi connectivity index (χ3v) is 5.03. The van der Waals surface area contributed by atoms with E-state index in [0.29, 0.717) is 29.6 Å². The predicted molar refractivity (Wildman–Crippen MR) is 105 cm³/mol. The van der Waals surface area contributed by atoms with Gasteiger partial charge in [-0.15, -0.1) is 17.5 Å². The predicted octanol–water partition coefficient (Wildman–Crippen LogP) is 3.15. The summed E-state index contributed by atoms with van der Waals surface area (Å²) in [6.07, 6.45) is 4.75. The number of rotatable bonds is 6. The number of nitrogens with two attached hydrogens (primary N) is 1. The van der Waals surface area contributed by atoms with Gasteiger partial charge in [-0.1, -0.05) is 42.6 Å². The lowest BCUT2D eigenvalue weighted by molar-refractivity contribution is 0.0922. The molecule has 1 aliphatic carbocycles. The molecule has 0 saturated heterocycles. The van der Waals surface area contributed by atoms with E-state index in [1.165, 1.54) is 0 Å². The third kappa shape index (κ3) is 4.37.